The Morgan fingerprint density at radius 2 is 2.17 bits per heavy atom. The highest BCUT2D eigenvalue weighted by Gasteiger charge is 2.37. The summed E-state index contributed by atoms with van der Waals surface area (Å²) in [4.78, 5) is 19.7. The molecule has 0 aromatic carbocycles. The third-order valence-electron chi connectivity index (χ3n) is 5.69. The minimum Gasteiger partial charge on any atom is -0.379 e. The molecule has 2 aliphatic heterocycles. The zero-order chi connectivity index (χ0) is 20.3. The van der Waals surface area contributed by atoms with E-state index < -0.39 is 0 Å². The summed E-state index contributed by atoms with van der Waals surface area (Å²) in [6.07, 6.45) is 5.24. The van der Waals surface area contributed by atoms with Crippen molar-refractivity contribution in [1.29, 1.82) is 0 Å². The normalized spacial score (nSPS) is 21.2. The van der Waals surface area contributed by atoms with Gasteiger partial charge in [-0.3, -0.25) is 14.7 Å². The number of nitrogens with one attached hydrogen (secondary N) is 2. The fourth-order valence-corrected chi connectivity index (χ4v) is 4.10. The Kier molecular flexibility index (Phi) is 5.82. The van der Waals surface area contributed by atoms with Gasteiger partial charge in [0, 0.05) is 25.8 Å². The van der Waals surface area contributed by atoms with E-state index in [0.717, 1.165) is 57.2 Å². The van der Waals surface area contributed by atoms with Crippen LogP contribution in [0.15, 0.2) is 30.6 Å². The number of hydrogen-bond acceptors (Lipinski definition) is 6. The lowest BCUT2D eigenvalue weighted by Gasteiger charge is -2.37. The number of morpholine rings is 1. The predicted octanol–water partition coefficient (Wildman–Crippen LogP) is 2.02. The van der Waals surface area contributed by atoms with E-state index >= 15 is 0 Å². The van der Waals surface area contributed by atoms with Crippen molar-refractivity contribution in [1.82, 2.24) is 25.0 Å². The number of pyridine rings is 1. The van der Waals surface area contributed by atoms with Gasteiger partial charge in [0.15, 0.2) is 0 Å². The number of amides is 1. The molecule has 1 fully saturated rings. The van der Waals surface area contributed by atoms with E-state index in [1.807, 2.05) is 22.9 Å². The summed E-state index contributed by atoms with van der Waals surface area (Å²) < 4.78 is 7.30. The van der Waals surface area contributed by atoms with Crippen LogP contribution in [0, 0.1) is 0 Å². The second kappa shape index (κ2) is 8.51. The number of carbonyl (C=O) groups excluding carboxylic acids is 1. The monoisotopic (exact) mass is 398 g/mol. The molecule has 0 bridgehead atoms. The average molecular weight is 399 g/mol. The number of anilines is 1. The summed E-state index contributed by atoms with van der Waals surface area (Å²) in [5, 5.41) is 11.1. The first-order valence-corrected chi connectivity index (χ1v) is 10.4. The maximum absolute atomic E-state index is 12.8. The van der Waals surface area contributed by atoms with Gasteiger partial charge in [0.25, 0.3) is 5.91 Å². The average Bonchev–Trinajstić information content (AvgIpc) is 3.17. The van der Waals surface area contributed by atoms with Crippen molar-refractivity contribution in [2.24, 2.45) is 0 Å². The molecule has 4 heterocycles. The largest absolute Gasteiger partial charge is 0.379 e. The smallest absolute Gasteiger partial charge is 0.256 e. The lowest BCUT2D eigenvalue weighted by Crippen LogP contribution is -2.39. The SMILES string of the molecule is CC1(C)CC(c2ccccn2)Nc2c(C(=O)NCCCN3CCOCC3)cnn21. The Bertz CT molecular complexity index is 829. The Morgan fingerprint density at radius 3 is 2.93 bits per heavy atom. The Morgan fingerprint density at radius 1 is 1.34 bits per heavy atom. The van der Waals surface area contributed by atoms with Crippen molar-refractivity contribution >= 4 is 11.7 Å². The molecule has 1 amide bonds. The van der Waals surface area contributed by atoms with Gasteiger partial charge >= 0.3 is 0 Å². The topological polar surface area (TPSA) is 84.3 Å². The van der Waals surface area contributed by atoms with Crippen LogP contribution < -0.4 is 10.6 Å². The van der Waals surface area contributed by atoms with Crippen LogP contribution in [0.3, 0.4) is 0 Å². The van der Waals surface area contributed by atoms with Gasteiger partial charge in [-0.05, 0) is 45.4 Å². The van der Waals surface area contributed by atoms with Crippen LogP contribution in [0.2, 0.25) is 0 Å². The molecule has 8 nitrogen and oxygen atoms in total. The minimum absolute atomic E-state index is 0.0447. The molecule has 1 saturated heterocycles. The molecule has 1 unspecified atom stereocenters. The number of carbonyl (C=O) groups is 1. The number of hydrogen-bond donors (Lipinski definition) is 2. The number of aromatic nitrogens is 3. The molecule has 0 radical (unpaired) electrons. The summed E-state index contributed by atoms with van der Waals surface area (Å²) in [6.45, 7) is 9.45. The van der Waals surface area contributed by atoms with E-state index in [1.54, 1.807) is 12.4 Å². The highest BCUT2D eigenvalue weighted by Crippen LogP contribution is 2.39. The van der Waals surface area contributed by atoms with Gasteiger partial charge in [0.05, 0.1) is 36.7 Å². The first-order valence-electron chi connectivity index (χ1n) is 10.4. The second-order valence-corrected chi connectivity index (χ2v) is 8.35. The maximum atomic E-state index is 12.8. The molecule has 2 N–H and O–H groups in total. The summed E-state index contributed by atoms with van der Waals surface area (Å²) in [5.74, 6) is 0.681. The third kappa shape index (κ3) is 4.43. The van der Waals surface area contributed by atoms with Crippen LogP contribution >= 0.6 is 0 Å². The van der Waals surface area contributed by atoms with Crippen molar-refractivity contribution in [3.63, 3.8) is 0 Å². The molecule has 2 aliphatic rings. The van der Waals surface area contributed by atoms with Crippen LogP contribution in [0.1, 0.15) is 48.8 Å². The van der Waals surface area contributed by atoms with Gasteiger partial charge in [0.2, 0.25) is 0 Å². The van der Waals surface area contributed by atoms with Gasteiger partial charge in [-0.25, -0.2) is 4.68 Å². The van der Waals surface area contributed by atoms with E-state index in [9.17, 15) is 4.79 Å². The fraction of sp³-hybridized carbons (Fsp3) is 0.571. The molecule has 1 atom stereocenters. The molecule has 0 saturated carbocycles. The van der Waals surface area contributed by atoms with Crippen LogP contribution in [0.5, 0.6) is 0 Å². The Hall–Kier alpha value is -2.45. The van der Waals surface area contributed by atoms with E-state index in [4.69, 9.17) is 4.74 Å². The van der Waals surface area contributed by atoms with Gasteiger partial charge in [-0.15, -0.1) is 0 Å². The summed E-state index contributed by atoms with van der Waals surface area (Å²) in [7, 11) is 0. The number of nitrogens with zero attached hydrogens (tertiary/aromatic N) is 4. The first-order chi connectivity index (χ1) is 14.0. The molecule has 2 aromatic heterocycles. The fourth-order valence-electron chi connectivity index (χ4n) is 4.10. The van der Waals surface area contributed by atoms with Crippen molar-refractivity contribution in [3.8, 4) is 0 Å². The van der Waals surface area contributed by atoms with Crippen LogP contribution in [-0.4, -0.2) is 65.0 Å². The van der Waals surface area contributed by atoms with Crippen LogP contribution in [0.25, 0.3) is 0 Å². The van der Waals surface area contributed by atoms with Gasteiger partial charge in [-0.1, -0.05) is 6.07 Å². The lowest BCUT2D eigenvalue weighted by molar-refractivity contribution is 0.0374. The van der Waals surface area contributed by atoms with Gasteiger partial charge in [-0.2, -0.15) is 5.10 Å². The van der Waals surface area contributed by atoms with Gasteiger partial charge in [0.1, 0.15) is 11.4 Å². The third-order valence-corrected chi connectivity index (χ3v) is 5.69. The number of fused-ring (bicyclic) bond motifs is 1. The molecular formula is C21H30N6O2. The van der Waals surface area contributed by atoms with E-state index in [0.29, 0.717) is 12.1 Å². The molecule has 0 spiro atoms. The minimum atomic E-state index is -0.211. The van der Waals surface area contributed by atoms with Crippen molar-refractivity contribution < 1.29 is 9.53 Å². The highest BCUT2D eigenvalue weighted by molar-refractivity contribution is 5.98. The van der Waals surface area contributed by atoms with Crippen molar-refractivity contribution in [3.05, 3.63) is 41.9 Å². The molecule has 2 aromatic rings. The molecule has 29 heavy (non-hydrogen) atoms. The molecule has 8 heteroatoms. The predicted molar refractivity (Wildman–Crippen MR) is 111 cm³/mol. The van der Waals surface area contributed by atoms with Crippen molar-refractivity contribution in [2.75, 3.05) is 44.7 Å². The standard InChI is InChI=1S/C21H30N6O2/c1-21(2)14-18(17-6-3-4-7-22-17)25-19-16(15-24-27(19)21)20(28)23-8-5-9-26-10-12-29-13-11-26/h3-4,6-7,15,18,25H,5,8-14H2,1-2H3,(H,23,28). The van der Waals surface area contributed by atoms with Crippen LogP contribution in [-0.2, 0) is 10.3 Å². The van der Waals surface area contributed by atoms with E-state index in [-0.39, 0.29) is 17.5 Å². The summed E-state index contributed by atoms with van der Waals surface area (Å²) in [6, 6.07) is 5.97. The molecule has 156 valence electrons. The molecule has 0 aliphatic carbocycles. The zero-order valence-corrected chi connectivity index (χ0v) is 17.2. The number of rotatable bonds is 6. The van der Waals surface area contributed by atoms with E-state index in [2.05, 4.69) is 39.5 Å². The summed E-state index contributed by atoms with van der Waals surface area (Å²) in [5.41, 5.74) is 1.35. The van der Waals surface area contributed by atoms with Crippen LogP contribution in [0.4, 0.5) is 5.82 Å². The van der Waals surface area contributed by atoms with Crippen molar-refractivity contribution in [2.45, 2.75) is 38.3 Å². The highest BCUT2D eigenvalue weighted by atomic mass is 16.5. The molecular weight excluding hydrogens is 368 g/mol. The number of ether oxygens (including phenoxy) is 1. The zero-order valence-electron chi connectivity index (χ0n) is 17.2. The Labute approximate surface area is 171 Å². The summed E-state index contributed by atoms with van der Waals surface area (Å²) >= 11 is 0. The first kappa shape index (κ1) is 19.8. The van der Waals surface area contributed by atoms with Gasteiger partial charge < -0.3 is 15.4 Å². The Balaban J connectivity index is 1.40. The van der Waals surface area contributed by atoms with E-state index in [1.165, 1.54) is 0 Å². The maximum Gasteiger partial charge on any atom is 0.256 e. The molecule has 4 rings (SSSR count). The lowest BCUT2D eigenvalue weighted by atomic mass is 9.91. The quantitative estimate of drug-likeness (QED) is 0.725. The second-order valence-electron chi connectivity index (χ2n) is 8.35.